The summed E-state index contributed by atoms with van der Waals surface area (Å²) in [7, 11) is 0. The van der Waals surface area contributed by atoms with Crippen LogP contribution in [0.1, 0.15) is 65.9 Å². The van der Waals surface area contributed by atoms with E-state index >= 15 is 0 Å². The molecule has 0 aliphatic heterocycles. The number of benzene rings is 1. The zero-order valence-corrected chi connectivity index (χ0v) is 18.0. The fourth-order valence-corrected chi connectivity index (χ4v) is 4.21. The minimum Gasteiger partial charge on any atom is -0.361 e. The highest BCUT2D eigenvalue weighted by molar-refractivity contribution is 6.05. The summed E-state index contributed by atoms with van der Waals surface area (Å²) in [5.74, 6) is 1.11. The van der Waals surface area contributed by atoms with Gasteiger partial charge in [-0.2, -0.15) is 0 Å². The predicted octanol–water partition coefficient (Wildman–Crippen LogP) is 3.53. The Balaban J connectivity index is 1.53. The van der Waals surface area contributed by atoms with Gasteiger partial charge in [-0.25, -0.2) is 0 Å². The normalized spacial score (nSPS) is 19.9. The molecule has 3 atom stereocenters. The van der Waals surface area contributed by atoms with Crippen LogP contribution in [0.15, 0.2) is 28.8 Å². The second-order valence-electron chi connectivity index (χ2n) is 8.38. The van der Waals surface area contributed by atoms with Crippen LogP contribution in [0.3, 0.4) is 0 Å². The van der Waals surface area contributed by atoms with Gasteiger partial charge in [-0.1, -0.05) is 23.7 Å². The summed E-state index contributed by atoms with van der Waals surface area (Å²) < 4.78 is 5.05. The fraction of sp³-hybridized carbons (Fsp3) is 0.522. The number of carbonyl (C=O) groups excluding carboxylic acids is 2. The third-order valence-corrected chi connectivity index (χ3v) is 6.11. The van der Waals surface area contributed by atoms with Gasteiger partial charge >= 0.3 is 0 Å². The van der Waals surface area contributed by atoms with E-state index in [0.29, 0.717) is 41.1 Å². The number of rotatable bonds is 7. The van der Waals surface area contributed by atoms with Crippen LogP contribution in [0.4, 0.5) is 5.69 Å². The molecule has 2 amide bonds. The van der Waals surface area contributed by atoms with Crippen molar-refractivity contribution >= 4 is 17.5 Å². The largest absolute Gasteiger partial charge is 0.361 e. The van der Waals surface area contributed by atoms with Crippen molar-refractivity contribution in [3.05, 3.63) is 46.8 Å². The molecule has 1 aliphatic rings. The van der Waals surface area contributed by atoms with Gasteiger partial charge in [0.05, 0.1) is 11.6 Å². The number of carbonyl (C=O) groups is 2. The van der Waals surface area contributed by atoms with E-state index in [2.05, 4.69) is 15.8 Å². The molecule has 7 nitrogen and oxygen atoms in total. The molecule has 4 N–H and O–H groups in total. The van der Waals surface area contributed by atoms with Gasteiger partial charge in [-0.3, -0.25) is 9.59 Å². The van der Waals surface area contributed by atoms with E-state index in [1.807, 2.05) is 31.2 Å². The molecule has 3 unspecified atom stereocenters. The number of aromatic nitrogens is 1. The first kappa shape index (κ1) is 22.0. The van der Waals surface area contributed by atoms with Crippen LogP contribution in [0.2, 0.25) is 0 Å². The minimum atomic E-state index is -0.258. The average molecular weight is 413 g/mol. The lowest BCUT2D eigenvalue weighted by atomic mass is 9.81. The second-order valence-corrected chi connectivity index (χ2v) is 8.38. The zero-order chi connectivity index (χ0) is 21.7. The van der Waals surface area contributed by atoms with Crippen molar-refractivity contribution < 1.29 is 14.1 Å². The van der Waals surface area contributed by atoms with Crippen molar-refractivity contribution in [1.29, 1.82) is 0 Å². The van der Waals surface area contributed by atoms with Crippen LogP contribution in [0.5, 0.6) is 0 Å². The van der Waals surface area contributed by atoms with Gasteiger partial charge in [0.25, 0.3) is 5.91 Å². The SMILES string of the molecule is Cc1noc(C)c1C(=O)Nc1ccc(C(C)C(=O)NCC2CCCC(CN)C2)cc1. The summed E-state index contributed by atoms with van der Waals surface area (Å²) >= 11 is 0. The molecule has 1 aromatic heterocycles. The second kappa shape index (κ2) is 9.89. The summed E-state index contributed by atoms with van der Waals surface area (Å²) in [6, 6.07) is 7.36. The molecule has 0 radical (unpaired) electrons. The van der Waals surface area contributed by atoms with E-state index in [0.717, 1.165) is 24.9 Å². The van der Waals surface area contributed by atoms with Crippen molar-refractivity contribution in [2.75, 3.05) is 18.4 Å². The maximum Gasteiger partial charge on any atom is 0.261 e. The molecular formula is C23H32N4O3. The van der Waals surface area contributed by atoms with Gasteiger partial charge < -0.3 is 20.9 Å². The Morgan fingerprint density at radius 3 is 2.53 bits per heavy atom. The van der Waals surface area contributed by atoms with Crippen LogP contribution < -0.4 is 16.4 Å². The first-order valence-corrected chi connectivity index (χ1v) is 10.7. The molecule has 1 heterocycles. The topological polar surface area (TPSA) is 110 Å². The Labute approximate surface area is 177 Å². The summed E-state index contributed by atoms with van der Waals surface area (Å²) in [6.07, 6.45) is 4.66. The Morgan fingerprint density at radius 1 is 1.20 bits per heavy atom. The van der Waals surface area contributed by atoms with Crippen LogP contribution >= 0.6 is 0 Å². The molecule has 1 saturated carbocycles. The molecule has 162 valence electrons. The molecule has 1 aromatic carbocycles. The van der Waals surface area contributed by atoms with Gasteiger partial charge in [-0.05, 0) is 76.1 Å². The van der Waals surface area contributed by atoms with Crippen LogP contribution in [0, 0.1) is 25.7 Å². The van der Waals surface area contributed by atoms with Crippen molar-refractivity contribution in [3.63, 3.8) is 0 Å². The third-order valence-electron chi connectivity index (χ3n) is 6.11. The van der Waals surface area contributed by atoms with Gasteiger partial charge in [-0.15, -0.1) is 0 Å². The third kappa shape index (κ3) is 5.27. The molecule has 7 heteroatoms. The lowest BCUT2D eigenvalue weighted by molar-refractivity contribution is -0.122. The highest BCUT2D eigenvalue weighted by Crippen LogP contribution is 2.28. The van der Waals surface area contributed by atoms with Crippen molar-refractivity contribution in [3.8, 4) is 0 Å². The van der Waals surface area contributed by atoms with E-state index in [1.54, 1.807) is 13.8 Å². The quantitative estimate of drug-likeness (QED) is 0.644. The average Bonchev–Trinajstić information content (AvgIpc) is 3.10. The van der Waals surface area contributed by atoms with Gasteiger partial charge in [0.1, 0.15) is 11.3 Å². The molecule has 1 aliphatic carbocycles. The first-order valence-electron chi connectivity index (χ1n) is 10.7. The van der Waals surface area contributed by atoms with E-state index in [9.17, 15) is 9.59 Å². The summed E-state index contributed by atoms with van der Waals surface area (Å²) in [6.45, 7) is 6.79. The minimum absolute atomic E-state index is 0.0254. The zero-order valence-electron chi connectivity index (χ0n) is 18.0. The smallest absolute Gasteiger partial charge is 0.261 e. The van der Waals surface area contributed by atoms with E-state index in [-0.39, 0.29) is 17.7 Å². The maximum atomic E-state index is 12.6. The molecule has 2 aromatic rings. The molecule has 0 spiro atoms. The number of anilines is 1. The number of hydrogen-bond donors (Lipinski definition) is 3. The van der Waals surface area contributed by atoms with Crippen LogP contribution in [-0.2, 0) is 4.79 Å². The van der Waals surface area contributed by atoms with Crippen LogP contribution in [0.25, 0.3) is 0 Å². The molecule has 30 heavy (non-hydrogen) atoms. The number of aryl methyl sites for hydroxylation is 2. The first-order chi connectivity index (χ1) is 14.4. The van der Waals surface area contributed by atoms with Gasteiger partial charge in [0.2, 0.25) is 5.91 Å². The molecule has 3 rings (SSSR count). The van der Waals surface area contributed by atoms with E-state index in [1.165, 1.54) is 12.8 Å². The Kier molecular flexibility index (Phi) is 7.26. The lowest BCUT2D eigenvalue weighted by Crippen LogP contribution is -2.35. The highest BCUT2D eigenvalue weighted by Gasteiger charge is 2.23. The number of amides is 2. The summed E-state index contributed by atoms with van der Waals surface area (Å²) in [4.78, 5) is 25.0. The standard InChI is InChI=1S/C23H32N4O3/c1-14(22(28)25-13-18-6-4-5-17(11-18)12-24)19-7-9-20(10-8-19)26-23(29)21-15(2)27-30-16(21)3/h7-10,14,17-18H,4-6,11-13,24H2,1-3H3,(H,25,28)(H,26,29). The van der Waals surface area contributed by atoms with Gasteiger partial charge in [0, 0.05) is 12.2 Å². The molecule has 0 saturated heterocycles. The number of nitrogens with two attached hydrogens (primary N) is 1. The van der Waals surface area contributed by atoms with E-state index in [4.69, 9.17) is 10.3 Å². The molecule has 1 fully saturated rings. The number of hydrogen-bond acceptors (Lipinski definition) is 5. The van der Waals surface area contributed by atoms with Crippen molar-refractivity contribution in [2.45, 2.75) is 52.4 Å². The fourth-order valence-electron chi connectivity index (χ4n) is 4.21. The van der Waals surface area contributed by atoms with E-state index < -0.39 is 0 Å². The predicted molar refractivity (Wildman–Crippen MR) is 116 cm³/mol. The molecule has 0 bridgehead atoms. The summed E-state index contributed by atoms with van der Waals surface area (Å²) in [5, 5.41) is 9.76. The Bertz CT molecular complexity index is 856. The van der Waals surface area contributed by atoms with Crippen LogP contribution in [-0.4, -0.2) is 30.1 Å². The number of nitrogens with one attached hydrogen (secondary N) is 2. The maximum absolute atomic E-state index is 12.6. The van der Waals surface area contributed by atoms with Crippen molar-refractivity contribution in [2.24, 2.45) is 17.6 Å². The van der Waals surface area contributed by atoms with Gasteiger partial charge in [0.15, 0.2) is 0 Å². The Hall–Kier alpha value is -2.67. The monoisotopic (exact) mass is 412 g/mol. The molecular weight excluding hydrogens is 380 g/mol. The van der Waals surface area contributed by atoms with Crippen molar-refractivity contribution in [1.82, 2.24) is 10.5 Å². The highest BCUT2D eigenvalue weighted by atomic mass is 16.5. The summed E-state index contributed by atoms with van der Waals surface area (Å²) in [5.41, 5.74) is 8.38. The lowest BCUT2D eigenvalue weighted by Gasteiger charge is -2.28. The Morgan fingerprint density at radius 2 is 1.90 bits per heavy atom. The number of nitrogens with zero attached hydrogens (tertiary/aromatic N) is 1.